The summed E-state index contributed by atoms with van der Waals surface area (Å²) in [4.78, 5) is 6.77. The van der Waals surface area contributed by atoms with Crippen molar-refractivity contribution < 1.29 is 5.11 Å². The summed E-state index contributed by atoms with van der Waals surface area (Å²) in [6.45, 7) is 0.193. The average Bonchev–Trinajstić information content (AvgIpc) is 3.14. The van der Waals surface area contributed by atoms with Gasteiger partial charge in [-0.25, -0.2) is 0 Å². The van der Waals surface area contributed by atoms with Crippen LogP contribution in [0.2, 0.25) is 0 Å². The van der Waals surface area contributed by atoms with Gasteiger partial charge in [-0.1, -0.05) is 24.3 Å². The molecule has 0 aliphatic carbocycles. The van der Waals surface area contributed by atoms with Crippen LogP contribution in [0.25, 0.3) is 16.7 Å². The molecule has 2 aromatic heterocycles. The van der Waals surface area contributed by atoms with Gasteiger partial charge < -0.3 is 10.0 Å². The summed E-state index contributed by atoms with van der Waals surface area (Å²) in [5.41, 5.74) is 3.25. The van der Waals surface area contributed by atoms with E-state index < -0.39 is 0 Å². The number of benzene rings is 2. The van der Waals surface area contributed by atoms with Crippen LogP contribution in [0.3, 0.4) is 0 Å². The van der Waals surface area contributed by atoms with Gasteiger partial charge in [0.1, 0.15) is 12.1 Å². The highest BCUT2D eigenvalue weighted by molar-refractivity contribution is 5.93. The number of aromatic nitrogens is 4. The maximum absolute atomic E-state index is 9.08. The first-order valence-electron chi connectivity index (χ1n) is 8.30. The second-order valence-electron chi connectivity index (χ2n) is 6.01. The molecule has 0 radical (unpaired) electrons. The van der Waals surface area contributed by atoms with Gasteiger partial charge in [0.15, 0.2) is 0 Å². The van der Waals surface area contributed by atoms with E-state index in [0.717, 1.165) is 35.2 Å². The molecule has 2 aromatic carbocycles. The van der Waals surface area contributed by atoms with Crippen molar-refractivity contribution in [1.29, 1.82) is 0 Å². The summed E-state index contributed by atoms with van der Waals surface area (Å²) in [6.07, 6.45) is 3.27. The smallest absolute Gasteiger partial charge is 0.257 e. The zero-order valence-corrected chi connectivity index (χ0v) is 14.0. The number of aliphatic hydroxyl groups excluding tert-OH is 1. The summed E-state index contributed by atoms with van der Waals surface area (Å²) in [7, 11) is 2.00. The van der Waals surface area contributed by atoms with Crippen LogP contribution >= 0.6 is 0 Å². The van der Waals surface area contributed by atoms with Gasteiger partial charge in [-0.3, -0.25) is 4.40 Å². The van der Waals surface area contributed by atoms with Gasteiger partial charge in [0.2, 0.25) is 0 Å². The maximum Gasteiger partial charge on any atom is 0.257 e. The SMILES string of the molecule is CN(c1ccccc1)c1nc2nncn2c2cc(CCCO)ccc12. The molecule has 0 atom stereocenters. The normalized spacial score (nSPS) is 11.3. The van der Waals surface area contributed by atoms with Crippen molar-refractivity contribution in [3.05, 3.63) is 60.4 Å². The third-order valence-electron chi connectivity index (χ3n) is 4.38. The Morgan fingerprint density at radius 1 is 1.12 bits per heavy atom. The van der Waals surface area contributed by atoms with Gasteiger partial charge in [0, 0.05) is 24.7 Å². The van der Waals surface area contributed by atoms with Crippen molar-refractivity contribution >= 4 is 28.2 Å². The fraction of sp³-hybridized carbons (Fsp3) is 0.211. The highest BCUT2D eigenvalue weighted by Crippen LogP contribution is 2.30. The summed E-state index contributed by atoms with van der Waals surface area (Å²) in [5, 5.41) is 18.3. The maximum atomic E-state index is 9.08. The molecule has 0 fully saturated rings. The molecule has 126 valence electrons. The van der Waals surface area contributed by atoms with Gasteiger partial charge in [-0.15, -0.1) is 10.2 Å². The van der Waals surface area contributed by atoms with E-state index in [4.69, 9.17) is 10.1 Å². The van der Waals surface area contributed by atoms with E-state index >= 15 is 0 Å². The Labute approximate surface area is 145 Å². The topological polar surface area (TPSA) is 66.6 Å². The minimum Gasteiger partial charge on any atom is -0.396 e. The molecule has 4 rings (SSSR count). The Hall–Kier alpha value is -2.99. The van der Waals surface area contributed by atoms with E-state index in [0.29, 0.717) is 5.78 Å². The second-order valence-corrected chi connectivity index (χ2v) is 6.01. The van der Waals surface area contributed by atoms with E-state index in [1.165, 1.54) is 5.56 Å². The van der Waals surface area contributed by atoms with Crippen LogP contribution < -0.4 is 4.90 Å². The molecule has 0 aliphatic rings. The molecule has 0 saturated heterocycles. The summed E-state index contributed by atoms with van der Waals surface area (Å²) in [5.74, 6) is 1.42. The van der Waals surface area contributed by atoms with Crippen molar-refractivity contribution in [1.82, 2.24) is 19.6 Å². The number of para-hydroxylation sites is 1. The molecule has 0 spiro atoms. The highest BCUT2D eigenvalue weighted by atomic mass is 16.2. The molecule has 25 heavy (non-hydrogen) atoms. The predicted molar refractivity (Wildman–Crippen MR) is 98.2 cm³/mol. The standard InChI is InChI=1S/C19H19N5O/c1-23(15-7-3-2-4-8-15)18-16-10-9-14(6-5-11-25)12-17(16)24-13-20-22-19(24)21-18/h2-4,7-10,12-13,25H,5-6,11H2,1H3. The Kier molecular flexibility index (Phi) is 4.03. The number of aliphatic hydroxyl groups is 1. The number of hydrogen-bond acceptors (Lipinski definition) is 5. The zero-order valence-electron chi connectivity index (χ0n) is 14.0. The molecule has 6 nitrogen and oxygen atoms in total. The highest BCUT2D eigenvalue weighted by Gasteiger charge is 2.14. The molecule has 4 aromatic rings. The lowest BCUT2D eigenvalue weighted by molar-refractivity contribution is 0.288. The van der Waals surface area contributed by atoms with Crippen molar-refractivity contribution in [2.45, 2.75) is 12.8 Å². The van der Waals surface area contributed by atoms with Gasteiger partial charge in [0.25, 0.3) is 5.78 Å². The van der Waals surface area contributed by atoms with Crippen LogP contribution in [0.5, 0.6) is 0 Å². The number of fused-ring (bicyclic) bond motifs is 3. The van der Waals surface area contributed by atoms with Gasteiger partial charge in [0.05, 0.1) is 5.52 Å². The molecule has 0 saturated carbocycles. The van der Waals surface area contributed by atoms with E-state index in [1.807, 2.05) is 29.6 Å². The number of rotatable bonds is 5. The molecule has 0 amide bonds. The Balaban J connectivity index is 1.91. The largest absolute Gasteiger partial charge is 0.396 e. The summed E-state index contributed by atoms with van der Waals surface area (Å²) < 4.78 is 1.90. The van der Waals surface area contributed by atoms with Crippen molar-refractivity contribution in [2.75, 3.05) is 18.6 Å². The van der Waals surface area contributed by atoms with Crippen LogP contribution in [0.1, 0.15) is 12.0 Å². The fourth-order valence-corrected chi connectivity index (χ4v) is 3.06. The number of aryl methyl sites for hydroxylation is 1. The monoisotopic (exact) mass is 333 g/mol. The van der Waals surface area contributed by atoms with E-state index in [-0.39, 0.29) is 6.61 Å². The quantitative estimate of drug-likeness (QED) is 0.608. The first-order valence-corrected chi connectivity index (χ1v) is 8.30. The second kappa shape index (κ2) is 6.49. The van der Waals surface area contributed by atoms with Crippen molar-refractivity contribution in [2.24, 2.45) is 0 Å². The molecule has 0 bridgehead atoms. The lowest BCUT2D eigenvalue weighted by Crippen LogP contribution is -2.13. The fourth-order valence-electron chi connectivity index (χ4n) is 3.06. The first kappa shape index (κ1) is 15.5. The lowest BCUT2D eigenvalue weighted by atomic mass is 10.1. The number of hydrogen-bond donors (Lipinski definition) is 1. The molecule has 0 unspecified atom stereocenters. The third-order valence-corrected chi connectivity index (χ3v) is 4.38. The molecular formula is C19H19N5O. The minimum atomic E-state index is 0.193. The summed E-state index contributed by atoms with van der Waals surface area (Å²) in [6, 6.07) is 16.4. The Morgan fingerprint density at radius 3 is 2.76 bits per heavy atom. The van der Waals surface area contributed by atoms with Gasteiger partial charge >= 0.3 is 0 Å². The Bertz CT molecular complexity index is 1010. The molecule has 2 heterocycles. The van der Waals surface area contributed by atoms with Crippen LogP contribution in [0, 0.1) is 0 Å². The third kappa shape index (κ3) is 2.81. The van der Waals surface area contributed by atoms with Crippen LogP contribution in [-0.4, -0.2) is 38.3 Å². The molecule has 0 aliphatic heterocycles. The summed E-state index contributed by atoms with van der Waals surface area (Å²) >= 11 is 0. The van der Waals surface area contributed by atoms with Gasteiger partial charge in [-0.05, 0) is 42.7 Å². The molecular weight excluding hydrogens is 314 g/mol. The average molecular weight is 333 g/mol. The minimum absolute atomic E-state index is 0.193. The number of anilines is 2. The predicted octanol–water partition coefficient (Wildman–Crippen LogP) is 2.97. The van der Waals surface area contributed by atoms with Crippen LogP contribution in [0.15, 0.2) is 54.9 Å². The van der Waals surface area contributed by atoms with E-state index in [9.17, 15) is 0 Å². The first-order chi connectivity index (χ1) is 12.3. The Morgan fingerprint density at radius 2 is 1.96 bits per heavy atom. The van der Waals surface area contributed by atoms with Crippen LogP contribution in [0.4, 0.5) is 11.5 Å². The van der Waals surface area contributed by atoms with Crippen molar-refractivity contribution in [3.8, 4) is 0 Å². The molecule has 6 heteroatoms. The van der Waals surface area contributed by atoms with E-state index in [2.05, 4.69) is 45.4 Å². The zero-order chi connectivity index (χ0) is 17.2. The van der Waals surface area contributed by atoms with E-state index in [1.54, 1.807) is 6.33 Å². The van der Waals surface area contributed by atoms with Gasteiger partial charge in [-0.2, -0.15) is 4.98 Å². The lowest BCUT2D eigenvalue weighted by Gasteiger charge is -2.20. The molecule has 1 N–H and O–H groups in total. The number of nitrogens with zero attached hydrogens (tertiary/aromatic N) is 5. The van der Waals surface area contributed by atoms with Crippen molar-refractivity contribution in [3.63, 3.8) is 0 Å². The van der Waals surface area contributed by atoms with Crippen LogP contribution in [-0.2, 0) is 6.42 Å².